The lowest BCUT2D eigenvalue weighted by molar-refractivity contribution is -0.0625. The van der Waals surface area contributed by atoms with Crippen LogP contribution in [0.2, 0.25) is 0 Å². The molecule has 1 aromatic carbocycles. The second kappa shape index (κ2) is 7.61. The van der Waals surface area contributed by atoms with Crippen LogP contribution in [0.5, 0.6) is 0 Å². The highest BCUT2D eigenvalue weighted by atomic mass is 16.5. The van der Waals surface area contributed by atoms with Gasteiger partial charge in [-0.05, 0) is 49.7 Å². The Hall–Kier alpha value is -1.16. The molecule has 0 bridgehead atoms. The second-order valence-electron chi connectivity index (χ2n) is 8.18. The quantitative estimate of drug-likeness (QED) is 0.904. The SMILES string of the molecule is OC1(Cc2ccc(C=C3CCN(C4CCC4)CC3)cc2)CCOCC1. The maximum atomic E-state index is 10.7. The number of hydrogen-bond acceptors (Lipinski definition) is 3. The van der Waals surface area contributed by atoms with Crippen LogP contribution in [0.3, 0.4) is 0 Å². The normalized spacial score (nSPS) is 24.8. The number of ether oxygens (including phenoxy) is 1. The molecule has 3 aliphatic rings. The Kier molecular flexibility index (Phi) is 5.25. The number of hydrogen-bond donors (Lipinski definition) is 1. The summed E-state index contributed by atoms with van der Waals surface area (Å²) in [6.45, 7) is 3.84. The molecule has 2 heterocycles. The van der Waals surface area contributed by atoms with Crippen molar-refractivity contribution >= 4 is 6.08 Å². The minimum atomic E-state index is -0.577. The standard InChI is InChI=1S/C22H31NO2/c24-22(10-14-25-15-11-22)17-20-6-4-18(5-7-20)16-19-8-12-23(13-9-19)21-2-1-3-21/h4-7,16,21,24H,1-3,8-15,17H2. The number of nitrogens with zero attached hydrogens (tertiary/aromatic N) is 1. The first-order valence-corrected chi connectivity index (χ1v) is 10.0. The molecule has 2 aliphatic heterocycles. The van der Waals surface area contributed by atoms with E-state index in [9.17, 15) is 5.11 Å². The van der Waals surface area contributed by atoms with Gasteiger partial charge < -0.3 is 9.84 Å². The number of aliphatic hydroxyl groups is 1. The zero-order valence-electron chi connectivity index (χ0n) is 15.3. The van der Waals surface area contributed by atoms with Crippen LogP contribution >= 0.6 is 0 Å². The van der Waals surface area contributed by atoms with Crippen molar-refractivity contribution in [3.05, 3.63) is 41.0 Å². The molecule has 3 nitrogen and oxygen atoms in total. The van der Waals surface area contributed by atoms with E-state index in [0.29, 0.717) is 13.2 Å². The largest absolute Gasteiger partial charge is 0.389 e. The first-order chi connectivity index (χ1) is 12.2. The predicted molar refractivity (Wildman–Crippen MR) is 102 cm³/mol. The third-order valence-corrected chi connectivity index (χ3v) is 6.34. The number of likely N-dealkylation sites (tertiary alicyclic amines) is 1. The van der Waals surface area contributed by atoms with Crippen LogP contribution in [0.1, 0.15) is 56.1 Å². The first-order valence-electron chi connectivity index (χ1n) is 10.0. The van der Waals surface area contributed by atoms with Gasteiger partial charge in [-0.2, -0.15) is 0 Å². The molecule has 4 rings (SSSR count). The van der Waals surface area contributed by atoms with E-state index in [0.717, 1.165) is 25.3 Å². The van der Waals surface area contributed by atoms with Crippen LogP contribution in [0.4, 0.5) is 0 Å². The van der Waals surface area contributed by atoms with Crippen molar-refractivity contribution < 1.29 is 9.84 Å². The molecule has 25 heavy (non-hydrogen) atoms. The van der Waals surface area contributed by atoms with Crippen LogP contribution in [0.15, 0.2) is 29.8 Å². The minimum Gasteiger partial charge on any atom is -0.389 e. The average molecular weight is 341 g/mol. The minimum absolute atomic E-state index is 0.577. The van der Waals surface area contributed by atoms with Gasteiger partial charge in [0.15, 0.2) is 0 Å². The highest BCUT2D eigenvalue weighted by Crippen LogP contribution is 2.30. The van der Waals surface area contributed by atoms with E-state index in [1.54, 1.807) is 5.57 Å². The fourth-order valence-corrected chi connectivity index (χ4v) is 4.35. The van der Waals surface area contributed by atoms with E-state index >= 15 is 0 Å². The monoisotopic (exact) mass is 341 g/mol. The molecular weight excluding hydrogens is 310 g/mol. The zero-order chi connectivity index (χ0) is 17.1. The summed E-state index contributed by atoms with van der Waals surface area (Å²) in [6.07, 6.45) is 11.3. The Morgan fingerprint density at radius 2 is 1.76 bits per heavy atom. The van der Waals surface area contributed by atoms with Gasteiger partial charge in [-0.3, -0.25) is 4.90 Å². The molecule has 0 radical (unpaired) electrons. The Balaban J connectivity index is 1.32. The number of rotatable bonds is 4. The average Bonchev–Trinajstić information content (AvgIpc) is 2.57. The molecule has 136 valence electrons. The summed E-state index contributed by atoms with van der Waals surface area (Å²) in [5.41, 5.74) is 3.54. The Labute approximate surface area is 151 Å². The van der Waals surface area contributed by atoms with Gasteiger partial charge in [-0.15, -0.1) is 0 Å². The van der Waals surface area contributed by atoms with Gasteiger partial charge in [-0.1, -0.05) is 42.3 Å². The molecule has 3 fully saturated rings. The fourth-order valence-electron chi connectivity index (χ4n) is 4.35. The molecule has 0 spiro atoms. The van der Waals surface area contributed by atoms with Gasteiger partial charge in [-0.25, -0.2) is 0 Å². The van der Waals surface area contributed by atoms with Gasteiger partial charge in [0, 0.05) is 38.8 Å². The zero-order valence-corrected chi connectivity index (χ0v) is 15.3. The molecule has 0 amide bonds. The van der Waals surface area contributed by atoms with Crippen LogP contribution < -0.4 is 0 Å². The van der Waals surface area contributed by atoms with Crippen LogP contribution in [0, 0.1) is 0 Å². The maximum absolute atomic E-state index is 10.7. The smallest absolute Gasteiger partial charge is 0.0731 e. The molecule has 1 aliphatic carbocycles. The van der Waals surface area contributed by atoms with Crippen molar-refractivity contribution in [2.45, 2.75) is 63.0 Å². The molecule has 0 atom stereocenters. The van der Waals surface area contributed by atoms with Crippen molar-refractivity contribution in [3.8, 4) is 0 Å². The summed E-state index contributed by atoms with van der Waals surface area (Å²) in [7, 11) is 0. The topological polar surface area (TPSA) is 32.7 Å². The number of piperidine rings is 1. The summed E-state index contributed by atoms with van der Waals surface area (Å²) < 4.78 is 5.37. The molecule has 1 N–H and O–H groups in total. The second-order valence-corrected chi connectivity index (χ2v) is 8.18. The predicted octanol–water partition coefficient (Wildman–Crippen LogP) is 3.80. The highest BCUT2D eigenvalue weighted by molar-refractivity contribution is 5.53. The van der Waals surface area contributed by atoms with E-state index in [1.807, 2.05) is 0 Å². The lowest BCUT2D eigenvalue weighted by Crippen LogP contribution is -2.43. The Morgan fingerprint density at radius 1 is 1.08 bits per heavy atom. The highest BCUT2D eigenvalue weighted by Gasteiger charge is 2.30. The third-order valence-electron chi connectivity index (χ3n) is 6.34. The van der Waals surface area contributed by atoms with E-state index in [1.165, 1.54) is 56.3 Å². The number of benzene rings is 1. The molecular formula is C22H31NO2. The maximum Gasteiger partial charge on any atom is 0.0731 e. The van der Waals surface area contributed by atoms with Gasteiger partial charge >= 0.3 is 0 Å². The van der Waals surface area contributed by atoms with Crippen molar-refractivity contribution in [2.75, 3.05) is 26.3 Å². The lowest BCUT2D eigenvalue weighted by Gasteiger charge is -2.40. The molecule has 1 saturated carbocycles. The van der Waals surface area contributed by atoms with E-state index in [2.05, 4.69) is 35.2 Å². The third kappa shape index (κ3) is 4.33. The Bertz CT molecular complexity index is 587. The molecule has 0 aromatic heterocycles. The van der Waals surface area contributed by atoms with Gasteiger partial charge in [0.25, 0.3) is 0 Å². The van der Waals surface area contributed by atoms with Gasteiger partial charge in [0.1, 0.15) is 0 Å². The molecule has 3 heteroatoms. The molecule has 2 saturated heterocycles. The Morgan fingerprint density at radius 3 is 2.36 bits per heavy atom. The molecule has 1 aromatic rings. The van der Waals surface area contributed by atoms with Crippen molar-refractivity contribution in [1.82, 2.24) is 4.90 Å². The van der Waals surface area contributed by atoms with Crippen molar-refractivity contribution in [2.24, 2.45) is 0 Å². The summed E-state index contributed by atoms with van der Waals surface area (Å²) in [5, 5.41) is 10.7. The summed E-state index contributed by atoms with van der Waals surface area (Å²) in [4.78, 5) is 2.69. The van der Waals surface area contributed by atoms with Crippen LogP contribution in [-0.2, 0) is 11.2 Å². The fraction of sp³-hybridized carbons (Fsp3) is 0.636. The van der Waals surface area contributed by atoms with E-state index in [-0.39, 0.29) is 0 Å². The van der Waals surface area contributed by atoms with Crippen molar-refractivity contribution in [3.63, 3.8) is 0 Å². The van der Waals surface area contributed by atoms with E-state index < -0.39 is 5.60 Å². The summed E-state index contributed by atoms with van der Waals surface area (Å²) in [6, 6.07) is 9.68. The first kappa shape index (κ1) is 17.3. The van der Waals surface area contributed by atoms with Crippen LogP contribution in [0.25, 0.3) is 6.08 Å². The van der Waals surface area contributed by atoms with Gasteiger partial charge in [0.2, 0.25) is 0 Å². The van der Waals surface area contributed by atoms with Gasteiger partial charge in [0.05, 0.1) is 5.60 Å². The summed E-state index contributed by atoms with van der Waals surface area (Å²) in [5.74, 6) is 0. The van der Waals surface area contributed by atoms with Crippen molar-refractivity contribution in [1.29, 1.82) is 0 Å². The van der Waals surface area contributed by atoms with Crippen LogP contribution in [-0.4, -0.2) is 48.0 Å². The molecule has 0 unspecified atom stereocenters. The lowest BCUT2D eigenvalue weighted by atomic mass is 9.87. The summed E-state index contributed by atoms with van der Waals surface area (Å²) >= 11 is 0. The van der Waals surface area contributed by atoms with E-state index in [4.69, 9.17) is 4.74 Å².